The number of carbonyl (C=O) groups is 1. The van der Waals surface area contributed by atoms with Gasteiger partial charge in [0, 0.05) is 29.6 Å². The molecular weight excluding hydrogens is 466 g/mol. The van der Waals surface area contributed by atoms with Crippen molar-refractivity contribution in [1.29, 1.82) is 0 Å². The van der Waals surface area contributed by atoms with Crippen LogP contribution in [0.15, 0.2) is 36.8 Å². The first kappa shape index (κ1) is 24.8. The Balaban J connectivity index is 1.50. The maximum atomic E-state index is 13.3. The molecule has 3 aromatic heterocycles. The normalized spacial score (nSPS) is 14.1. The van der Waals surface area contributed by atoms with E-state index in [9.17, 15) is 13.2 Å². The van der Waals surface area contributed by atoms with Crippen LogP contribution >= 0.6 is 0 Å². The zero-order valence-corrected chi connectivity index (χ0v) is 21.2. The fourth-order valence-electron chi connectivity index (χ4n) is 3.65. The Morgan fingerprint density at radius 3 is 2.54 bits per heavy atom. The SMILES string of the molecule is CCOc1cncc(-c2ccc(CC(=O)C(C)(C)c3cc(C)nc(CS(=O)(=O)C4CC4)n3)nc2)n1. The van der Waals surface area contributed by atoms with Gasteiger partial charge < -0.3 is 4.74 Å². The summed E-state index contributed by atoms with van der Waals surface area (Å²) in [5.41, 5.74) is 2.21. The van der Waals surface area contributed by atoms with Gasteiger partial charge in [-0.05, 0) is 58.7 Å². The fraction of sp³-hybridized carbons (Fsp3) is 0.440. The zero-order chi connectivity index (χ0) is 25.2. The summed E-state index contributed by atoms with van der Waals surface area (Å²) in [5, 5.41) is -0.286. The van der Waals surface area contributed by atoms with Crippen LogP contribution in [0.3, 0.4) is 0 Å². The van der Waals surface area contributed by atoms with E-state index in [-0.39, 0.29) is 29.0 Å². The fourth-order valence-corrected chi connectivity index (χ4v) is 5.23. The second-order valence-electron chi connectivity index (χ2n) is 9.26. The molecule has 0 unspecified atom stereocenters. The van der Waals surface area contributed by atoms with E-state index in [1.807, 2.05) is 13.0 Å². The quantitative estimate of drug-likeness (QED) is 0.417. The molecule has 0 atom stereocenters. The molecule has 0 N–H and O–H groups in total. The molecule has 1 fully saturated rings. The van der Waals surface area contributed by atoms with Crippen molar-refractivity contribution in [3.05, 3.63) is 59.7 Å². The number of pyridine rings is 1. The van der Waals surface area contributed by atoms with Gasteiger partial charge in [0.15, 0.2) is 9.84 Å². The van der Waals surface area contributed by atoms with Crippen molar-refractivity contribution in [3.8, 4) is 17.1 Å². The molecule has 1 saturated carbocycles. The summed E-state index contributed by atoms with van der Waals surface area (Å²) in [6.45, 7) is 7.74. The summed E-state index contributed by atoms with van der Waals surface area (Å²) in [6.07, 6.45) is 6.34. The number of hydrogen-bond donors (Lipinski definition) is 0. The Morgan fingerprint density at radius 1 is 1.11 bits per heavy atom. The van der Waals surface area contributed by atoms with Crippen molar-refractivity contribution in [2.24, 2.45) is 0 Å². The second-order valence-corrected chi connectivity index (χ2v) is 11.5. The third-order valence-electron chi connectivity index (χ3n) is 5.97. The Hall–Kier alpha value is -3.27. The number of nitrogens with zero attached hydrogens (tertiary/aromatic N) is 5. The van der Waals surface area contributed by atoms with E-state index in [2.05, 4.69) is 24.9 Å². The van der Waals surface area contributed by atoms with E-state index in [4.69, 9.17) is 4.74 Å². The van der Waals surface area contributed by atoms with Gasteiger partial charge in [-0.15, -0.1) is 0 Å². The minimum absolute atomic E-state index is 0.0787. The van der Waals surface area contributed by atoms with Crippen LogP contribution in [0, 0.1) is 6.92 Å². The van der Waals surface area contributed by atoms with E-state index in [1.54, 1.807) is 51.5 Å². The molecule has 3 heterocycles. The van der Waals surface area contributed by atoms with E-state index in [0.717, 1.165) is 5.56 Å². The molecule has 0 amide bonds. The number of Topliss-reactive ketones (excluding diaryl/α,β-unsaturated/α-hetero) is 1. The standard InChI is InChI=1S/C25H29N5O4S/c1-5-34-24-14-26-13-20(29-24)17-6-7-18(27-12-17)11-22(31)25(3,4)21-10-16(2)28-23(30-21)15-35(32,33)19-8-9-19/h6-7,10,12-14,19H,5,8-9,11,15H2,1-4H3. The van der Waals surface area contributed by atoms with Crippen LogP contribution < -0.4 is 4.74 Å². The van der Waals surface area contributed by atoms with Crippen molar-refractivity contribution in [3.63, 3.8) is 0 Å². The Kier molecular flexibility index (Phi) is 6.93. The summed E-state index contributed by atoms with van der Waals surface area (Å²) in [7, 11) is -3.26. The van der Waals surface area contributed by atoms with E-state index in [0.29, 0.717) is 48.1 Å². The summed E-state index contributed by atoms with van der Waals surface area (Å²) < 4.78 is 30.2. The highest BCUT2D eigenvalue weighted by Crippen LogP contribution is 2.31. The highest BCUT2D eigenvalue weighted by atomic mass is 32.2. The van der Waals surface area contributed by atoms with Gasteiger partial charge in [-0.3, -0.25) is 14.8 Å². The minimum Gasteiger partial charge on any atom is -0.477 e. The van der Waals surface area contributed by atoms with E-state index >= 15 is 0 Å². The van der Waals surface area contributed by atoms with Crippen molar-refractivity contribution in [1.82, 2.24) is 24.9 Å². The zero-order valence-electron chi connectivity index (χ0n) is 20.4. The molecule has 1 aliphatic carbocycles. The van der Waals surface area contributed by atoms with Crippen LogP contribution in [0.2, 0.25) is 0 Å². The predicted molar refractivity (Wildman–Crippen MR) is 131 cm³/mol. The molecule has 35 heavy (non-hydrogen) atoms. The van der Waals surface area contributed by atoms with Gasteiger partial charge in [0.1, 0.15) is 17.4 Å². The molecule has 0 aromatic carbocycles. The molecule has 0 bridgehead atoms. The first-order valence-electron chi connectivity index (χ1n) is 11.6. The van der Waals surface area contributed by atoms with Crippen LogP contribution in [-0.2, 0) is 32.2 Å². The maximum Gasteiger partial charge on any atom is 0.232 e. The molecule has 1 aliphatic rings. The summed E-state index contributed by atoms with van der Waals surface area (Å²) in [4.78, 5) is 35.1. The highest BCUT2D eigenvalue weighted by Gasteiger charge is 2.37. The molecule has 0 radical (unpaired) electrons. The molecule has 0 spiro atoms. The molecule has 3 aromatic rings. The van der Waals surface area contributed by atoms with Gasteiger partial charge in [0.2, 0.25) is 5.88 Å². The first-order chi connectivity index (χ1) is 16.6. The van der Waals surface area contributed by atoms with Gasteiger partial charge in [0.25, 0.3) is 0 Å². The Labute approximate surface area is 205 Å². The van der Waals surface area contributed by atoms with Gasteiger partial charge in [-0.25, -0.2) is 23.4 Å². The third-order valence-corrected chi connectivity index (χ3v) is 8.12. The predicted octanol–water partition coefficient (Wildman–Crippen LogP) is 3.20. The molecule has 0 saturated heterocycles. The summed E-state index contributed by atoms with van der Waals surface area (Å²) >= 11 is 0. The lowest BCUT2D eigenvalue weighted by Crippen LogP contribution is -2.32. The van der Waals surface area contributed by atoms with Crippen molar-refractivity contribution < 1.29 is 17.9 Å². The first-order valence-corrected chi connectivity index (χ1v) is 13.3. The van der Waals surface area contributed by atoms with Gasteiger partial charge in [-0.1, -0.05) is 0 Å². The van der Waals surface area contributed by atoms with Crippen LogP contribution in [0.25, 0.3) is 11.3 Å². The smallest absolute Gasteiger partial charge is 0.232 e. The third kappa shape index (κ3) is 5.87. The van der Waals surface area contributed by atoms with Crippen LogP contribution in [0.5, 0.6) is 5.88 Å². The number of carbonyl (C=O) groups excluding carboxylic acids is 1. The number of ketones is 1. The molecule has 4 rings (SSSR count). The minimum atomic E-state index is -3.26. The Bertz CT molecular complexity index is 1340. The topological polar surface area (TPSA) is 125 Å². The number of ether oxygens (including phenoxy) is 1. The lowest BCUT2D eigenvalue weighted by Gasteiger charge is -2.23. The summed E-state index contributed by atoms with van der Waals surface area (Å²) in [6, 6.07) is 5.38. The Morgan fingerprint density at radius 2 is 1.89 bits per heavy atom. The molecule has 10 heteroatoms. The van der Waals surface area contributed by atoms with Crippen LogP contribution in [-0.4, -0.2) is 51.0 Å². The molecule has 9 nitrogen and oxygen atoms in total. The largest absolute Gasteiger partial charge is 0.477 e. The number of aryl methyl sites for hydroxylation is 1. The molecular formula is C25H29N5O4S. The lowest BCUT2D eigenvalue weighted by molar-refractivity contribution is -0.123. The highest BCUT2D eigenvalue weighted by molar-refractivity contribution is 7.91. The monoisotopic (exact) mass is 495 g/mol. The summed E-state index contributed by atoms with van der Waals surface area (Å²) in [5.74, 6) is 0.401. The van der Waals surface area contributed by atoms with Crippen molar-refractivity contribution >= 4 is 15.6 Å². The number of hydrogen-bond acceptors (Lipinski definition) is 9. The van der Waals surface area contributed by atoms with E-state index in [1.165, 1.54) is 0 Å². The van der Waals surface area contributed by atoms with Crippen LogP contribution in [0.4, 0.5) is 0 Å². The van der Waals surface area contributed by atoms with Gasteiger partial charge in [-0.2, -0.15) is 0 Å². The average molecular weight is 496 g/mol. The van der Waals surface area contributed by atoms with Gasteiger partial charge >= 0.3 is 0 Å². The average Bonchev–Trinajstić information content (AvgIpc) is 3.66. The van der Waals surface area contributed by atoms with Crippen LogP contribution in [0.1, 0.15) is 56.5 Å². The number of sulfone groups is 1. The lowest BCUT2D eigenvalue weighted by atomic mass is 9.82. The number of aromatic nitrogens is 5. The van der Waals surface area contributed by atoms with Gasteiger partial charge in [0.05, 0.1) is 41.1 Å². The second kappa shape index (κ2) is 9.77. The van der Waals surface area contributed by atoms with E-state index < -0.39 is 15.3 Å². The number of rotatable bonds is 10. The molecule has 184 valence electrons. The maximum absolute atomic E-state index is 13.3. The van der Waals surface area contributed by atoms with Crippen molar-refractivity contribution in [2.75, 3.05) is 6.61 Å². The van der Waals surface area contributed by atoms with Crippen molar-refractivity contribution in [2.45, 2.75) is 63.4 Å². The molecule has 0 aliphatic heterocycles.